The maximum Gasteiger partial charge on any atom is 0.220 e. The Labute approximate surface area is 165 Å². The van der Waals surface area contributed by atoms with Gasteiger partial charge in [-0.05, 0) is 55.5 Å². The number of carbonyl (C=O) groups excluding carboxylic acids is 1. The van der Waals surface area contributed by atoms with Gasteiger partial charge < -0.3 is 10.2 Å². The van der Waals surface area contributed by atoms with E-state index in [-0.39, 0.29) is 5.91 Å². The minimum Gasteiger partial charge on any atom is -0.368 e. The van der Waals surface area contributed by atoms with Gasteiger partial charge in [0.05, 0.1) is 0 Å². The summed E-state index contributed by atoms with van der Waals surface area (Å²) in [7, 11) is 0. The van der Waals surface area contributed by atoms with Gasteiger partial charge in [-0.3, -0.25) is 4.79 Å². The third-order valence-electron chi connectivity index (χ3n) is 4.91. The molecule has 138 valence electrons. The van der Waals surface area contributed by atoms with Gasteiger partial charge >= 0.3 is 0 Å². The van der Waals surface area contributed by atoms with E-state index in [2.05, 4.69) is 41.4 Å². The van der Waals surface area contributed by atoms with E-state index in [4.69, 9.17) is 23.2 Å². The molecule has 1 N–H and O–H groups in total. The normalized spacial score (nSPS) is 15.8. The van der Waals surface area contributed by atoms with Crippen molar-refractivity contribution in [3.05, 3.63) is 63.6 Å². The third-order valence-corrected chi connectivity index (χ3v) is 5.62. The van der Waals surface area contributed by atoms with E-state index >= 15 is 0 Å². The molecule has 1 atom stereocenters. The van der Waals surface area contributed by atoms with Crippen molar-refractivity contribution < 1.29 is 4.79 Å². The van der Waals surface area contributed by atoms with Gasteiger partial charge in [-0.25, -0.2) is 0 Å². The Bertz CT molecular complexity index is 758. The maximum absolute atomic E-state index is 12.1. The van der Waals surface area contributed by atoms with Gasteiger partial charge in [0, 0.05) is 41.3 Å². The molecule has 0 saturated heterocycles. The molecule has 0 radical (unpaired) electrons. The van der Waals surface area contributed by atoms with Crippen LogP contribution in [0.2, 0.25) is 10.0 Å². The smallest absolute Gasteiger partial charge is 0.220 e. The minimum absolute atomic E-state index is 0.0378. The van der Waals surface area contributed by atoms with Gasteiger partial charge in [0.2, 0.25) is 5.91 Å². The lowest BCUT2D eigenvalue weighted by atomic mass is 10.1. The van der Waals surface area contributed by atoms with Crippen LogP contribution in [0.3, 0.4) is 0 Å². The number of nitrogens with zero attached hydrogens (tertiary/aromatic N) is 1. The van der Waals surface area contributed by atoms with Crippen LogP contribution < -0.4 is 10.2 Å². The van der Waals surface area contributed by atoms with E-state index in [0.717, 1.165) is 24.9 Å². The van der Waals surface area contributed by atoms with Crippen molar-refractivity contribution in [2.75, 3.05) is 18.0 Å². The van der Waals surface area contributed by atoms with E-state index in [1.165, 1.54) is 11.3 Å². The quantitative estimate of drug-likeness (QED) is 0.682. The Morgan fingerprint density at radius 2 is 1.88 bits per heavy atom. The SMILES string of the molecule is C[C@H]1Cc2ccccc2N1CCCNC(=O)CCc1c(Cl)cccc1Cl. The number of rotatable bonds is 7. The van der Waals surface area contributed by atoms with Gasteiger partial charge in [0.25, 0.3) is 0 Å². The summed E-state index contributed by atoms with van der Waals surface area (Å²) in [5.41, 5.74) is 3.59. The summed E-state index contributed by atoms with van der Waals surface area (Å²) in [6.07, 6.45) is 2.98. The molecule has 5 heteroatoms. The van der Waals surface area contributed by atoms with Crippen molar-refractivity contribution in [2.24, 2.45) is 0 Å². The number of anilines is 1. The van der Waals surface area contributed by atoms with E-state index in [9.17, 15) is 4.79 Å². The molecular formula is C21H24Cl2N2O. The summed E-state index contributed by atoms with van der Waals surface area (Å²) in [5.74, 6) is 0.0378. The summed E-state index contributed by atoms with van der Waals surface area (Å²) in [6, 6.07) is 14.5. The molecule has 0 saturated carbocycles. The standard InChI is InChI=1S/C21H24Cl2N2O/c1-15-14-16-6-2-3-9-20(16)25(15)13-5-12-24-21(26)11-10-17-18(22)7-4-8-19(17)23/h2-4,6-9,15H,5,10-14H2,1H3,(H,24,26)/t15-/m0/s1. The first-order valence-corrected chi connectivity index (χ1v) is 9.86. The van der Waals surface area contributed by atoms with Gasteiger partial charge in [-0.1, -0.05) is 47.5 Å². The molecule has 0 bridgehead atoms. The first-order valence-electron chi connectivity index (χ1n) is 9.10. The van der Waals surface area contributed by atoms with Crippen molar-refractivity contribution in [2.45, 2.75) is 38.6 Å². The van der Waals surface area contributed by atoms with Gasteiger partial charge in [-0.2, -0.15) is 0 Å². The monoisotopic (exact) mass is 390 g/mol. The molecule has 26 heavy (non-hydrogen) atoms. The largest absolute Gasteiger partial charge is 0.368 e. The van der Waals surface area contributed by atoms with E-state index in [1.807, 2.05) is 6.07 Å². The van der Waals surface area contributed by atoms with Crippen LogP contribution >= 0.6 is 23.2 Å². The molecule has 2 aromatic rings. The molecule has 0 unspecified atom stereocenters. The topological polar surface area (TPSA) is 32.3 Å². The van der Waals surface area contributed by atoms with Crippen LogP contribution in [0, 0.1) is 0 Å². The Morgan fingerprint density at radius 1 is 1.15 bits per heavy atom. The van der Waals surface area contributed by atoms with Gasteiger partial charge in [-0.15, -0.1) is 0 Å². The molecule has 1 heterocycles. The van der Waals surface area contributed by atoms with Crippen LogP contribution in [0.15, 0.2) is 42.5 Å². The van der Waals surface area contributed by atoms with Crippen molar-refractivity contribution in [3.63, 3.8) is 0 Å². The number of amides is 1. The van der Waals surface area contributed by atoms with Crippen LogP contribution in [0.4, 0.5) is 5.69 Å². The zero-order valence-electron chi connectivity index (χ0n) is 15.0. The first-order chi connectivity index (χ1) is 12.6. The van der Waals surface area contributed by atoms with Crippen LogP contribution in [-0.4, -0.2) is 25.0 Å². The predicted molar refractivity (Wildman–Crippen MR) is 109 cm³/mol. The number of fused-ring (bicyclic) bond motifs is 1. The van der Waals surface area contributed by atoms with Crippen molar-refractivity contribution in [1.82, 2.24) is 5.32 Å². The number of hydrogen-bond donors (Lipinski definition) is 1. The summed E-state index contributed by atoms with van der Waals surface area (Å²) < 4.78 is 0. The van der Waals surface area contributed by atoms with Gasteiger partial charge in [0.1, 0.15) is 0 Å². The number of hydrogen-bond acceptors (Lipinski definition) is 2. The molecule has 1 aliphatic heterocycles. The molecule has 0 aromatic heterocycles. The summed E-state index contributed by atoms with van der Waals surface area (Å²) in [4.78, 5) is 14.5. The second-order valence-corrected chi connectivity index (χ2v) is 7.59. The lowest BCUT2D eigenvalue weighted by Gasteiger charge is -2.24. The second-order valence-electron chi connectivity index (χ2n) is 6.78. The highest BCUT2D eigenvalue weighted by molar-refractivity contribution is 6.36. The zero-order chi connectivity index (χ0) is 18.5. The molecule has 2 aromatic carbocycles. The zero-order valence-corrected chi connectivity index (χ0v) is 16.5. The first kappa shape index (κ1) is 19.1. The van der Waals surface area contributed by atoms with E-state index in [0.29, 0.717) is 35.5 Å². The Hall–Kier alpha value is -1.71. The molecule has 3 rings (SSSR count). The Kier molecular flexibility index (Phi) is 6.44. The minimum atomic E-state index is 0.0378. The molecule has 0 spiro atoms. The summed E-state index contributed by atoms with van der Waals surface area (Å²) in [5, 5.41) is 4.24. The van der Waals surface area contributed by atoms with Crippen molar-refractivity contribution >= 4 is 34.8 Å². The number of halogens is 2. The van der Waals surface area contributed by atoms with Crippen LogP contribution in [-0.2, 0) is 17.6 Å². The Morgan fingerprint density at radius 3 is 2.65 bits per heavy atom. The lowest BCUT2D eigenvalue weighted by Crippen LogP contribution is -2.33. The van der Waals surface area contributed by atoms with E-state index < -0.39 is 0 Å². The molecular weight excluding hydrogens is 367 g/mol. The lowest BCUT2D eigenvalue weighted by molar-refractivity contribution is -0.121. The number of para-hydroxylation sites is 1. The van der Waals surface area contributed by atoms with Crippen LogP contribution in [0.5, 0.6) is 0 Å². The fourth-order valence-electron chi connectivity index (χ4n) is 3.55. The van der Waals surface area contributed by atoms with Gasteiger partial charge in [0.15, 0.2) is 0 Å². The molecule has 1 amide bonds. The second kappa shape index (κ2) is 8.79. The van der Waals surface area contributed by atoms with Crippen molar-refractivity contribution in [3.8, 4) is 0 Å². The predicted octanol–water partition coefficient (Wildman–Crippen LogP) is 4.88. The van der Waals surface area contributed by atoms with E-state index in [1.54, 1.807) is 12.1 Å². The van der Waals surface area contributed by atoms with Crippen LogP contribution in [0.25, 0.3) is 0 Å². The summed E-state index contributed by atoms with van der Waals surface area (Å²) in [6.45, 7) is 3.89. The highest BCUT2D eigenvalue weighted by Gasteiger charge is 2.24. The Balaban J connectivity index is 1.41. The molecule has 0 aliphatic carbocycles. The average molecular weight is 391 g/mol. The summed E-state index contributed by atoms with van der Waals surface area (Å²) >= 11 is 12.3. The fraction of sp³-hybridized carbons (Fsp3) is 0.381. The number of carbonyl (C=O) groups is 1. The average Bonchev–Trinajstić information content (AvgIpc) is 2.93. The molecule has 3 nitrogen and oxygen atoms in total. The highest BCUT2D eigenvalue weighted by atomic mass is 35.5. The number of nitrogens with one attached hydrogen (secondary N) is 1. The van der Waals surface area contributed by atoms with Crippen LogP contribution in [0.1, 0.15) is 30.9 Å². The van der Waals surface area contributed by atoms with Crippen molar-refractivity contribution in [1.29, 1.82) is 0 Å². The maximum atomic E-state index is 12.1. The third kappa shape index (κ3) is 4.52. The molecule has 1 aliphatic rings. The molecule has 0 fully saturated rings. The number of benzene rings is 2. The highest BCUT2D eigenvalue weighted by Crippen LogP contribution is 2.31. The fourth-order valence-corrected chi connectivity index (χ4v) is 4.13.